The number of ether oxygens (including phenoxy) is 2. The molecule has 2 aromatic carbocycles. The second kappa shape index (κ2) is 14.6. The molecule has 4 amide bonds. The number of nitrogens with zero attached hydrogens (tertiary/aromatic N) is 3. The molecule has 5 atom stereocenters. The average Bonchev–Trinajstić information content (AvgIpc) is 4.07. The summed E-state index contributed by atoms with van der Waals surface area (Å²) in [7, 11) is -0.692. The molecule has 2 saturated carbocycles. The normalized spacial score (nSPS) is 26.4. The number of carbonyl (C=O) groups is 4. The Balaban J connectivity index is 1.26. The number of fused-ring (bicyclic) bond motifs is 3. The molecule has 2 aliphatic heterocycles. The Morgan fingerprint density at radius 2 is 1.80 bits per heavy atom. The van der Waals surface area contributed by atoms with Crippen molar-refractivity contribution in [3.63, 3.8) is 0 Å². The van der Waals surface area contributed by atoms with Gasteiger partial charge in [0.25, 0.3) is 5.91 Å². The van der Waals surface area contributed by atoms with E-state index in [1.807, 2.05) is 87.5 Å². The van der Waals surface area contributed by atoms with E-state index in [0.717, 1.165) is 5.56 Å². The zero-order valence-electron chi connectivity index (χ0n) is 31.9. The maximum absolute atomic E-state index is 14.8. The van der Waals surface area contributed by atoms with Gasteiger partial charge in [-0.1, -0.05) is 63.3 Å². The van der Waals surface area contributed by atoms with E-state index in [9.17, 15) is 27.6 Å². The number of allylic oxidation sites excluding steroid dienone is 1. The number of hydrogen-bond acceptors (Lipinski definition) is 9. The van der Waals surface area contributed by atoms with Gasteiger partial charge in [0, 0.05) is 48.9 Å². The fourth-order valence-corrected chi connectivity index (χ4v) is 9.27. The van der Waals surface area contributed by atoms with Crippen LogP contribution in [0.2, 0.25) is 0 Å². The van der Waals surface area contributed by atoms with Crippen molar-refractivity contribution in [3.8, 4) is 22.8 Å². The number of aromatic nitrogens is 1. The van der Waals surface area contributed by atoms with Crippen LogP contribution in [0.5, 0.6) is 11.5 Å². The van der Waals surface area contributed by atoms with Crippen molar-refractivity contribution < 1.29 is 37.1 Å². The lowest BCUT2D eigenvalue weighted by Gasteiger charge is -2.40. The van der Waals surface area contributed by atoms with Crippen LogP contribution in [0.15, 0.2) is 66.7 Å². The molecule has 1 saturated heterocycles. The number of nitrogens with one attached hydrogen (secondary N) is 2. The van der Waals surface area contributed by atoms with E-state index in [4.69, 9.17) is 14.5 Å². The summed E-state index contributed by atoms with van der Waals surface area (Å²) < 4.78 is 40.2. The number of likely N-dealkylation sites (N-methyl/N-ethyl adjacent to an activating group) is 1. The molecule has 7 rings (SSSR count). The van der Waals surface area contributed by atoms with Gasteiger partial charge in [-0.25, -0.2) is 13.4 Å². The Labute approximate surface area is 321 Å². The van der Waals surface area contributed by atoms with Crippen molar-refractivity contribution in [1.82, 2.24) is 24.8 Å². The molecular formula is C41H49N5O8S. The lowest BCUT2D eigenvalue weighted by Crippen LogP contribution is -2.60. The third-order valence-corrected chi connectivity index (χ3v) is 12.9. The molecule has 2 N–H and O–H groups in total. The Hall–Kier alpha value is -4.98. The second-order valence-electron chi connectivity index (χ2n) is 16.3. The minimum absolute atomic E-state index is 0.0186. The maximum Gasteiger partial charge on any atom is 0.259 e. The zero-order chi connectivity index (χ0) is 39.3. The van der Waals surface area contributed by atoms with Gasteiger partial charge in [0.1, 0.15) is 35.2 Å². The number of hydrogen-bond donors (Lipinski definition) is 2. The van der Waals surface area contributed by atoms with Crippen LogP contribution in [0, 0.1) is 11.3 Å². The molecule has 13 nitrogen and oxygen atoms in total. The van der Waals surface area contributed by atoms with Gasteiger partial charge < -0.3 is 24.6 Å². The number of rotatable bonds is 7. The summed E-state index contributed by atoms with van der Waals surface area (Å²) in [4.78, 5) is 64.5. The van der Waals surface area contributed by atoms with E-state index in [1.165, 1.54) is 9.80 Å². The molecular weight excluding hydrogens is 723 g/mol. The molecule has 4 aliphatic rings. The minimum Gasteiger partial charge on any atom is -0.497 e. The molecule has 3 aromatic rings. The standard InChI is InChI=1S/C41H49N5O8S/c1-40(2,3)36-38(49)46-24-28(54-34-22-31(25-12-8-6-9-13-25)42-32-20-27(53-5)16-19-30(32)34)21-33(46)37(48)43-41(39(50)44-55(51,52)29-17-18-29)23-26(41)14-10-7-11-15-35(47)45(36)4/h6,8-10,12-14,16,19-20,22,26,28-29,33,36H,7,11,15,17-18,21,23-24H2,1-5H3,(H,43,48)(H,44,50)/t26-,28+,33-,36+,41-/m0/s1. The van der Waals surface area contributed by atoms with Gasteiger partial charge in [-0.15, -0.1) is 0 Å². The van der Waals surface area contributed by atoms with Gasteiger partial charge in [0.05, 0.1) is 30.1 Å². The third-order valence-electron chi connectivity index (χ3n) is 11.1. The van der Waals surface area contributed by atoms with Crippen LogP contribution in [-0.4, -0.2) is 96.5 Å². The highest BCUT2D eigenvalue weighted by Gasteiger charge is 2.62. The Kier molecular flexibility index (Phi) is 10.2. The third kappa shape index (κ3) is 7.78. The first-order valence-corrected chi connectivity index (χ1v) is 20.5. The summed E-state index contributed by atoms with van der Waals surface area (Å²) in [5, 5.41) is 3.00. The highest BCUT2D eigenvalue weighted by atomic mass is 32.2. The predicted molar refractivity (Wildman–Crippen MR) is 206 cm³/mol. The molecule has 55 heavy (non-hydrogen) atoms. The highest BCUT2D eigenvalue weighted by Crippen LogP contribution is 2.46. The van der Waals surface area contributed by atoms with Gasteiger partial charge in [0.2, 0.25) is 27.7 Å². The molecule has 14 heteroatoms. The molecule has 3 fully saturated rings. The molecule has 0 bridgehead atoms. The van der Waals surface area contributed by atoms with Gasteiger partial charge in [-0.2, -0.15) is 0 Å². The molecule has 3 heterocycles. The minimum atomic E-state index is -3.90. The Morgan fingerprint density at radius 3 is 2.49 bits per heavy atom. The summed E-state index contributed by atoms with van der Waals surface area (Å²) in [5.41, 5.74) is -0.0586. The SMILES string of the molecule is COc1ccc2c(O[C@@H]3C[C@H]4C(=O)N[C@@]5(C(=O)NS(=O)(=O)C6CC6)C[C@@H]5C=CCCCC(=O)N(C)[C@@H](C(C)(C)C)C(=O)N4C3)cc(-c3ccccc3)nc2c1. The molecule has 1 aromatic heterocycles. The Morgan fingerprint density at radius 1 is 1.05 bits per heavy atom. The van der Waals surface area contributed by atoms with Gasteiger partial charge in [0.15, 0.2) is 0 Å². The molecule has 0 radical (unpaired) electrons. The number of sulfonamides is 1. The molecule has 0 unspecified atom stereocenters. The lowest BCUT2D eigenvalue weighted by molar-refractivity contribution is -0.151. The highest BCUT2D eigenvalue weighted by molar-refractivity contribution is 7.91. The molecule has 0 spiro atoms. The van der Waals surface area contributed by atoms with E-state index in [0.29, 0.717) is 53.8 Å². The monoisotopic (exact) mass is 771 g/mol. The molecule has 2 aliphatic carbocycles. The van der Waals surface area contributed by atoms with Crippen molar-refractivity contribution >= 4 is 44.6 Å². The average molecular weight is 772 g/mol. The van der Waals surface area contributed by atoms with Crippen LogP contribution in [0.25, 0.3) is 22.2 Å². The molecule has 292 valence electrons. The van der Waals surface area contributed by atoms with Crippen molar-refractivity contribution in [3.05, 3.63) is 66.7 Å². The van der Waals surface area contributed by atoms with Gasteiger partial charge in [-0.05, 0) is 49.7 Å². The fourth-order valence-electron chi connectivity index (χ4n) is 7.91. The number of benzene rings is 2. The zero-order valence-corrected chi connectivity index (χ0v) is 32.7. The first-order chi connectivity index (χ1) is 26.1. The quantitative estimate of drug-likeness (QED) is 0.333. The van der Waals surface area contributed by atoms with Crippen LogP contribution in [0.3, 0.4) is 0 Å². The van der Waals surface area contributed by atoms with Gasteiger partial charge in [-0.3, -0.25) is 23.9 Å². The van der Waals surface area contributed by atoms with E-state index in [2.05, 4.69) is 10.0 Å². The number of carbonyl (C=O) groups excluding carboxylic acids is 4. The summed E-state index contributed by atoms with van der Waals surface area (Å²) in [6.07, 6.45) is 5.47. The van der Waals surface area contributed by atoms with Crippen molar-refractivity contribution in [2.45, 2.75) is 94.7 Å². The van der Waals surface area contributed by atoms with Crippen molar-refractivity contribution in [2.75, 3.05) is 20.7 Å². The smallest absolute Gasteiger partial charge is 0.259 e. The van der Waals surface area contributed by atoms with Crippen LogP contribution in [0.1, 0.15) is 65.7 Å². The first kappa shape index (κ1) is 38.3. The van der Waals surface area contributed by atoms with E-state index in [-0.39, 0.29) is 31.7 Å². The van der Waals surface area contributed by atoms with E-state index in [1.54, 1.807) is 14.2 Å². The summed E-state index contributed by atoms with van der Waals surface area (Å²) >= 11 is 0. The van der Waals surface area contributed by atoms with Crippen LogP contribution in [0.4, 0.5) is 0 Å². The first-order valence-electron chi connectivity index (χ1n) is 18.9. The topological polar surface area (TPSA) is 164 Å². The lowest BCUT2D eigenvalue weighted by atomic mass is 9.84. The van der Waals surface area contributed by atoms with E-state index < -0.39 is 68.1 Å². The fraction of sp³-hybridized carbons (Fsp3) is 0.488. The summed E-state index contributed by atoms with van der Waals surface area (Å²) in [5.74, 6) is -1.34. The van der Waals surface area contributed by atoms with Crippen molar-refractivity contribution in [1.29, 1.82) is 0 Å². The van der Waals surface area contributed by atoms with Crippen LogP contribution < -0.4 is 19.5 Å². The number of pyridine rings is 1. The van der Waals surface area contributed by atoms with Crippen molar-refractivity contribution in [2.24, 2.45) is 11.3 Å². The van der Waals surface area contributed by atoms with E-state index >= 15 is 0 Å². The predicted octanol–water partition coefficient (Wildman–Crippen LogP) is 4.36. The summed E-state index contributed by atoms with van der Waals surface area (Å²) in [6, 6.07) is 15.0. The van der Waals surface area contributed by atoms with Gasteiger partial charge >= 0.3 is 0 Å². The maximum atomic E-state index is 14.8. The van der Waals surface area contributed by atoms with Crippen LogP contribution >= 0.6 is 0 Å². The largest absolute Gasteiger partial charge is 0.497 e. The summed E-state index contributed by atoms with van der Waals surface area (Å²) in [6.45, 7) is 5.66. The number of methoxy groups -OCH3 is 1. The van der Waals surface area contributed by atoms with Crippen LogP contribution in [-0.2, 0) is 29.2 Å². The Bertz CT molecular complexity index is 2150. The number of amides is 4. The second-order valence-corrected chi connectivity index (χ2v) is 18.2.